The largest absolute Gasteiger partial charge is 0.350 e. The van der Waals surface area contributed by atoms with Crippen LogP contribution in [0.4, 0.5) is 0 Å². The van der Waals surface area contributed by atoms with Gasteiger partial charge >= 0.3 is 0 Å². The van der Waals surface area contributed by atoms with Crippen molar-refractivity contribution in [2.75, 3.05) is 0 Å². The highest BCUT2D eigenvalue weighted by atomic mass is 32.1. The van der Waals surface area contributed by atoms with Gasteiger partial charge in [0, 0.05) is 16.9 Å². The number of thiazole rings is 1. The zero-order chi connectivity index (χ0) is 17.7. The van der Waals surface area contributed by atoms with Gasteiger partial charge in [-0.05, 0) is 18.9 Å². The van der Waals surface area contributed by atoms with Crippen molar-refractivity contribution < 1.29 is 9.59 Å². The summed E-state index contributed by atoms with van der Waals surface area (Å²) in [5.41, 5.74) is 2.49. The molecule has 128 valence electrons. The first kappa shape index (κ1) is 18.3. The van der Waals surface area contributed by atoms with Crippen LogP contribution >= 0.6 is 11.3 Å². The van der Waals surface area contributed by atoms with Crippen molar-refractivity contribution in [1.29, 1.82) is 0 Å². The Bertz CT molecular complexity index is 704. The van der Waals surface area contributed by atoms with Gasteiger partial charge in [0.2, 0.25) is 5.91 Å². The van der Waals surface area contributed by atoms with Crippen molar-refractivity contribution in [2.24, 2.45) is 5.92 Å². The molecule has 0 saturated heterocycles. The van der Waals surface area contributed by atoms with Gasteiger partial charge in [-0.1, -0.05) is 45.0 Å². The number of amides is 1. The molecule has 1 amide bonds. The highest BCUT2D eigenvalue weighted by molar-refractivity contribution is 7.09. The molecule has 2 rings (SSSR count). The van der Waals surface area contributed by atoms with E-state index in [1.165, 1.54) is 0 Å². The minimum atomic E-state index is -0.266. The quantitative estimate of drug-likeness (QED) is 0.773. The lowest BCUT2D eigenvalue weighted by atomic mass is 9.95. The average molecular weight is 344 g/mol. The standard InChI is InChI=1S/C19H24N2O2S/c1-5-17-21-16(11-24-17)10-20-19(23)13(4)14-6-8-15(9-7-14)18(22)12(2)3/h6-9,11-13H,5,10H2,1-4H3,(H,20,23)/t13-/m1/s1. The minimum absolute atomic E-state index is 0.0253. The fourth-order valence-corrected chi connectivity index (χ4v) is 3.09. The van der Waals surface area contributed by atoms with E-state index in [2.05, 4.69) is 17.2 Å². The number of aryl methyl sites for hydroxylation is 1. The molecule has 1 aromatic heterocycles. The third-order valence-corrected chi connectivity index (χ3v) is 5.00. The fraction of sp³-hybridized carbons (Fsp3) is 0.421. The predicted molar refractivity (Wildman–Crippen MR) is 97.4 cm³/mol. The zero-order valence-corrected chi connectivity index (χ0v) is 15.4. The van der Waals surface area contributed by atoms with E-state index in [-0.39, 0.29) is 23.5 Å². The van der Waals surface area contributed by atoms with Crippen LogP contribution in [0.1, 0.15) is 60.2 Å². The van der Waals surface area contributed by atoms with E-state index in [1.54, 1.807) is 23.5 Å². The molecule has 0 aliphatic heterocycles. The third kappa shape index (κ3) is 4.51. The number of Topliss-reactive ketones (excluding diaryl/α,β-unsaturated/α-hetero) is 1. The normalized spacial score (nSPS) is 12.2. The third-order valence-electron chi connectivity index (χ3n) is 3.96. The maximum absolute atomic E-state index is 12.3. The van der Waals surface area contributed by atoms with Gasteiger partial charge in [0.1, 0.15) is 0 Å². The summed E-state index contributed by atoms with van der Waals surface area (Å²) in [5, 5.41) is 5.99. The summed E-state index contributed by atoms with van der Waals surface area (Å²) in [6.45, 7) is 8.15. The molecular weight excluding hydrogens is 320 g/mol. The molecule has 0 bridgehead atoms. The van der Waals surface area contributed by atoms with Crippen LogP contribution in [0.2, 0.25) is 0 Å². The maximum atomic E-state index is 12.3. The van der Waals surface area contributed by atoms with Crippen LogP contribution < -0.4 is 5.32 Å². The van der Waals surface area contributed by atoms with E-state index in [1.807, 2.05) is 38.3 Å². The molecule has 0 aliphatic rings. The Hall–Kier alpha value is -2.01. The van der Waals surface area contributed by atoms with Gasteiger partial charge < -0.3 is 5.32 Å². The molecule has 1 N–H and O–H groups in total. The Morgan fingerprint density at radius 2 is 1.83 bits per heavy atom. The molecule has 1 heterocycles. The van der Waals surface area contributed by atoms with Gasteiger partial charge in [0.25, 0.3) is 0 Å². The van der Waals surface area contributed by atoms with Crippen LogP contribution in [0.15, 0.2) is 29.6 Å². The van der Waals surface area contributed by atoms with E-state index in [0.717, 1.165) is 22.7 Å². The Morgan fingerprint density at radius 3 is 2.38 bits per heavy atom. The molecule has 2 aromatic rings. The molecule has 0 unspecified atom stereocenters. The fourth-order valence-electron chi connectivity index (χ4n) is 2.34. The van der Waals surface area contributed by atoms with Crippen molar-refractivity contribution >= 4 is 23.0 Å². The van der Waals surface area contributed by atoms with Crippen molar-refractivity contribution in [3.8, 4) is 0 Å². The number of nitrogens with zero attached hydrogens (tertiary/aromatic N) is 1. The van der Waals surface area contributed by atoms with E-state index >= 15 is 0 Å². The van der Waals surface area contributed by atoms with Crippen LogP contribution in [-0.2, 0) is 17.8 Å². The number of carbonyl (C=O) groups is 2. The van der Waals surface area contributed by atoms with Crippen LogP contribution in [-0.4, -0.2) is 16.7 Å². The molecular formula is C19H24N2O2S. The van der Waals surface area contributed by atoms with Gasteiger partial charge in [-0.25, -0.2) is 4.98 Å². The van der Waals surface area contributed by atoms with E-state index < -0.39 is 0 Å². The highest BCUT2D eigenvalue weighted by Gasteiger charge is 2.17. The topological polar surface area (TPSA) is 59.1 Å². The average Bonchev–Trinajstić information content (AvgIpc) is 3.06. The molecule has 0 spiro atoms. The Balaban J connectivity index is 1.96. The lowest BCUT2D eigenvalue weighted by molar-refractivity contribution is -0.122. The Labute approximate surface area is 147 Å². The minimum Gasteiger partial charge on any atom is -0.350 e. The number of aromatic nitrogens is 1. The van der Waals surface area contributed by atoms with Gasteiger partial charge in [-0.15, -0.1) is 11.3 Å². The van der Waals surface area contributed by atoms with Crippen LogP contribution in [0.25, 0.3) is 0 Å². The van der Waals surface area contributed by atoms with Gasteiger partial charge in [0.05, 0.1) is 23.2 Å². The van der Waals surface area contributed by atoms with Gasteiger partial charge in [-0.3, -0.25) is 9.59 Å². The van der Waals surface area contributed by atoms with Gasteiger partial charge in [0.15, 0.2) is 5.78 Å². The summed E-state index contributed by atoms with van der Waals surface area (Å²) in [5.74, 6) is -0.210. The maximum Gasteiger partial charge on any atom is 0.227 e. The smallest absolute Gasteiger partial charge is 0.227 e. The lowest BCUT2D eigenvalue weighted by Gasteiger charge is -2.13. The molecule has 5 heteroatoms. The molecule has 1 aromatic carbocycles. The molecule has 0 saturated carbocycles. The molecule has 0 radical (unpaired) electrons. The zero-order valence-electron chi connectivity index (χ0n) is 14.6. The summed E-state index contributed by atoms with van der Waals surface area (Å²) < 4.78 is 0. The van der Waals surface area contributed by atoms with Crippen molar-refractivity contribution in [3.63, 3.8) is 0 Å². The number of nitrogens with one attached hydrogen (secondary N) is 1. The predicted octanol–water partition coefficient (Wildman–Crippen LogP) is 3.96. The number of rotatable bonds is 7. The molecule has 1 atom stereocenters. The first-order chi connectivity index (χ1) is 11.4. The number of hydrogen-bond acceptors (Lipinski definition) is 4. The van der Waals surface area contributed by atoms with E-state index in [4.69, 9.17) is 0 Å². The second-order valence-electron chi connectivity index (χ2n) is 6.17. The molecule has 0 fully saturated rings. The molecule has 24 heavy (non-hydrogen) atoms. The van der Waals surface area contributed by atoms with E-state index in [0.29, 0.717) is 12.1 Å². The summed E-state index contributed by atoms with van der Waals surface area (Å²) >= 11 is 1.62. The van der Waals surface area contributed by atoms with Crippen molar-refractivity contribution in [1.82, 2.24) is 10.3 Å². The lowest BCUT2D eigenvalue weighted by Crippen LogP contribution is -2.27. The highest BCUT2D eigenvalue weighted by Crippen LogP contribution is 2.18. The Morgan fingerprint density at radius 1 is 1.17 bits per heavy atom. The second kappa shape index (κ2) is 8.20. The van der Waals surface area contributed by atoms with Crippen molar-refractivity contribution in [2.45, 2.75) is 46.6 Å². The summed E-state index contributed by atoms with van der Waals surface area (Å²) in [4.78, 5) is 28.7. The van der Waals surface area contributed by atoms with Crippen LogP contribution in [0, 0.1) is 5.92 Å². The van der Waals surface area contributed by atoms with Crippen LogP contribution in [0.5, 0.6) is 0 Å². The van der Waals surface area contributed by atoms with Gasteiger partial charge in [-0.2, -0.15) is 0 Å². The SMILES string of the molecule is CCc1nc(CNC(=O)[C@H](C)c2ccc(C(=O)C(C)C)cc2)cs1. The number of hydrogen-bond donors (Lipinski definition) is 1. The monoisotopic (exact) mass is 344 g/mol. The number of benzene rings is 1. The molecule has 0 aliphatic carbocycles. The first-order valence-electron chi connectivity index (χ1n) is 8.27. The second-order valence-corrected chi connectivity index (χ2v) is 7.11. The summed E-state index contributed by atoms with van der Waals surface area (Å²) in [6, 6.07) is 7.32. The van der Waals surface area contributed by atoms with Crippen LogP contribution in [0.3, 0.4) is 0 Å². The number of carbonyl (C=O) groups excluding carboxylic acids is 2. The first-order valence-corrected chi connectivity index (χ1v) is 9.15. The Kier molecular flexibility index (Phi) is 6.26. The summed E-state index contributed by atoms with van der Waals surface area (Å²) in [7, 11) is 0. The van der Waals surface area contributed by atoms with E-state index in [9.17, 15) is 9.59 Å². The molecule has 4 nitrogen and oxygen atoms in total. The van der Waals surface area contributed by atoms with Crippen molar-refractivity contribution in [3.05, 3.63) is 51.5 Å². The number of ketones is 1. The summed E-state index contributed by atoms with van der Waals surface area (Å²) in [6.07, 6.45) is 0.913.